The first kappa shape index (κ1) is 11.2. The van der Waals surface area contributed by atoms with E-state index in [1.54, 1.807) is 13.3 Å². The zero-order valence-electron chi connectivity index (χ0n) is 9.55. The van der Waals surface area contributed by atoms with Gasteiger partial charge in [0.1, 0.15) is 5.75 Å². The number of methoxy groups -OCH3 is 1. The fraction of sp³-hybridized carbons (Fsp3) is 0.143. The van der Waals surface area contributed by atoms with Gasteiger partial charge in [0.25, 0.3) is 0 Å². The van der Waals surface area contributed by atoms with E-state index >= 15 is 0 Å². The molecule has 1 heterocycles. The van der Waals surface area contributed by atoms with Gasteiger partial charge in [0.15, 0.2) is 0 Å². The zero-order valence-corrected chi connectivity index (χ0v) is 9.55. The normalized spacial score (nSPS) is 9.65. The minimum Gasteiger partial charge on any atom is -0.496 e. The molecule has 2 aromatic rings. The smallest absolute Gasteiger partial charge is 0.130 e. The van der Waals surface area contributed by atoms with Gasteiger partial charge in [-0.1, -0.05) is 30.3 Å². The molecular weight excluding hydrogens is 212 g/mol. The largest absolute Gasteiger partial charge is 0.496 e. The minimum atomic E-state index is 0.279. The van der Waals surface area contributed by atoms with E-state index in [2.05, 4.69) is 11.1 Å². The van der Waals surface area contributed by atoms with Crippen LogP contribution in [0.2, 0.25) is 0 Å². The van der Waals surface area contributed by atoms with Crippen LogP contribution in [0.4, 0.5) is 0 Å². The van der Waals surface area contributed by atoms with E-state index in [-0.39, 0.29) is 6.42 Å². The Balaban J connectivity index is 2.61. The van der Waals surface area contributed by atoms with E-state index in [1.807, 2.05) is 36.4 Å². The summed E-state index contributed by atoms with van der Waals surface area (Å²) in [4.78, 5) is 4.25. The molecule has 0 fully saturated rings. The minimum absolute atomic E-state index is 0.279. The van der Waals surface area contributed by atoms with Crippen molar-refractivity contribution in [3.63, 3.8) is 0 Å². The molecule has 2 rings (SSSR count). The van der Waals surface area contributed by atoms with Crippen molar-refractivity contribution in [3.05, 3.63) is 48.3 Å². The second-order valence-electron chi connectivity index (χ2n) is 3.54. The molecule has 0 radical (unpaired) electrons. The molecule has 3 heteroatoms. The van der Waals surface area contributed by atoms with Gasteiger partial charge in [-0.2, -0.15) is 5.26 Å². The van der Waals surface area contributed by atoms with Gasteiger partial charge in [0.05, 0.1) is 25.3 Å². The highest BCUT2D eigenvalue weighted by molar-refractivity contribution is 5.72. The number of rotatable bonds is 3. The lowest BCUT2D eigenvalue weighted by Gasteiger charge is -2.11. The van der Waals surface area contributed by atoms with Crippen molar-refractivity contribution in [2.24, 2.45) is 0 Å². The summed E-state index contributed by atoms with van der Waals surface area (Å²) >= 11 is 0. The van der Waals surface area contributed by atoms with Gasteiger partial charge in [0, 0.05) is 11.8 Å². The average molecular weight is 224 g/mol. The molecule has 0 aliphatic rings. The molecule has 1 aromatic carbocycles. The average Bonchev–Trinajstić information content (AvgIpc) is 2.40. The molecule has 0 saturated carbocycles. The van der Waals surface area contributed by atoms with Crippen molar-refractivity contribution in [1.82, 2.24) is 4.98 Å². The molecule has 0 bridgehead atoms. The summed E-state index contributed by atoms with van der Waals surface area (Å²) in [5.41, 5.74) is 2.66. The van der Waals surface area contributed by atoms with E-state index in [0.717, 1.165) is 22.6 Å². The standard InChI is InChI=1S/C14H12N2O/c1-17-13-8-10-16-12(7-9-15)14(13)11-5-3-2-4-6-11/h2-6,8,10H,7H2,1H3. The first-order valence-corrected chi connectivity index (χ1v) is 5.31. The monoisotopic (exact) mass is 224 g/mol. The first-order valence-electron chi connectivity index (χ1n) is 5.31. The lowest BCUT2D eigenvalue weighted by Crippen LogP contribution is -1.96. The molecule has 0 aliphatic carbocycles. The van der Waals surface area contributed by atoms with Gasteiger partial charge in [-0.25, -0.2) is 0 Å². The molecule has 0 N–H and O–H groups in total. The molecule has 0 atom stereocenters. The lowest BCUT2D eigenvalue weighted by molar-refractivity contribution is 0.415. The molecule has 3 nitrogen and oxygen atoms in total. The number of ether oxygens (including phenoxy) is 1. The summed E-state index contributed by atoms with van der Waals surface area (Å²) in [5.74, 6) is 0.747. The Kier molecular flexibility index (Phi) is 3.37. The number of hydrogen-bond donors (Lipinski definition) is 0. The van der Waals surface area contributed by atoms with E-state index in [0.29, 0.717) is 0 Å². The van der Waals surface area contributed by atoms with Gasteiger partial charge < -0.3 is 4.74 Å². The van der Waals surface area contributed by atoms with Gasteiger partial charge in [0.2, 0.25) is 0 Å². The predicted octanol–water partition coefficient (Wildman–Crippen LogP) is 2.82. The molecule has 0 saturated heterocycles. The maximum atomic E-state index is 8.82. The number of aromatic nitrogens is 1. The summed E-state index contributed by atoms with van der Waals surface area (Å²) in [6.45, 7) is 0. The Morgan fingerprint density at radius 3 is 2.65 bits per heavy atom. The predicted molar refractivity (Wildman–Crippen MR) is 65.5 cm³/mol. The lowest BCUT2D eigenvalue weighted by atomic mass is 10.0. The Hall–Kier alpha value is -2.34. The van der Waals surface area contributed by atoms with Gasteiger partial charge >= 0.3 is 0 Å². The van der Waals surface area contributed by atoms with Crippen LogP contribution in [0.15, 0.2) is 42.6 Å². The van der Waals surface area contributed by atoms with Crippen LogP contribution in [-0.4, -0.2) is 12.1 Å². The molecule has 0 unspecified atom stereocenters. The second kappa shape index (κ2) is 5.13. The Labute approximate surface area is 100 Å². The van der Waals surface area contributed by atoms with Gasteiger partial charge in [-0.05, 0) is 11.6 Å². The molecule has 1 aromatic heterocycles. The van der Waals surface area contributed by atoms with E-state index in [9.17, 15) is 0 Å². The van der Waals surface area contributed by atoms with Crippen molar-refractivity contribution >= 4 is 0 Å². The van der Waals surface area contributed by atoms with Crippen LogP contribution >= 0.6 is 0 Å². The highest BCUT2D eigenvalue weighted by Gasteiger charge is 2.11. The van der Waals surface area contributed by atoms with E-state index in [1.165, 1.54) is 0 Å². The van der Waals surface area contributed by atoms with E-state index < -0.39 is 0 Å². The van der Waals surface area contributed by atoms with Crippen LogP contribution in [0.3, 0.4) is 0 Å². The number of nitriles is 1. The third-order valence-electron chi connectivity index (χ3n) is 2.52. The summed E-state index contributed by atoms with van der Waals surface area (Å²) in [5, 5.41) is 8.82. The Morgan fingerprint density at radius 1 is 1.24 bits per heavy atom. The summed E-state index contributed by atoms with van der Waals surface area (Å²) in [6.07, 6.45) is 1.94. The number of hydrogen-bond acceptors (Lipinski definition) is 3. The fourth-order valence-electron chi connectivity index (χ4n) is 1.78. The number of benzene rings is 1. The van der Waals surface area contributed by atoms with Crippen molar-refractivity contribution in [2.75, 3.05) is 7.11 Å². The molecule has 0 aliphatic heterocycles. The number of nitrogens with zero attached hydrogens (tertiary/aromatic N) is 2. The Morgan fingerprint density at radius 2 is 2.00 bits per heavy atom. The summed E-state index contributed by atoms with van der Waals surface area (Å²) in [7, 11) is 1.62. The first-order chi connectivity index (χ1) is 8.36. The highest BCUT2D eigenvalue weighted by atomic mass is 16.5. The van der Waals surface area contributed by atoms with Crippen LogP contribution in [0.25, 0.3) is 11.1 Å². The number of pyridine rings is 1. The summed E-state index contributed by atoms with van der Waals surface area (Å²) < 4.78 is 5.34. The Bertz CT molecular complexity index is 544. The topological polar surface area (TPSA) is 45.9 Å². The van der Waals surface area contributed by atoms with Crippen LogP contribution in [-0.2, 0) is 6.42 Å². The van der Waals surface area contributed by atoms with E-state index in [4.69, 9.17) is 10.00 Å². The third kappa shape index (κ3) is 2.26. The molecule has 0 spiro atoms. The second-order valence-corrected chi connectivity index (χ2v) is 3.54. The van der Waals surface area contributed by atoms with Gasteiger partial charge in [-0.15, -0.1) is 0 Å². The van der Waals surface area contributed by atoms with Crippen molar-refractivity contribution in [3.8, 4) is 22.9 Å². The highest BCUT2D eigenvalue weighted by Crippen LogP contribution is 2.32. The molecule has 0 amide bonds. The maximum Gasteiger partial charge on any atom is 0.130 e. The fourth-order valence-corrected chi connectivity index (χ4v) is 1.78. The molecule has 17 heavy (non-hydrogen) atoms. The van der Waals surface area contributed by atoms with Crippen LogP contribution < -0.4 is 4.74 Å². The summed E-state index contributed by atoms with van der Waals surface area (Å²) in [6, 6.07) is 13.8. The van der Waals surface area contributed by atoms with Crippen LogP contribution in [0, 0.1) is 11.3 Å². The van der Waals surface area contributed by atoms with Crippen molar-refractivity contribution in [1.29, 1.82) is 5.26 Å². The van der Waals surface area contributed by atoms with Crippen molar-refractivity contribution < 1.29 is 4.74 Å². The van der Waals surface area contributed by atoms with Crippen molar-refractivity contribution in [2.45, 2.75) is 6.42 Å². The quantitative estimate of drug-likeness (QED) is 0.805. The third-order valence-corrected chi connectivity index (χ3v) is 2.52. The molecule has 84 valence electrons. The zero-order chi connectivity index (χ0) is 12.1. The maximum absolute atomic E-state index is 8.82. The molecular formula is C14H12N2O. The van der Waals surface area contributed by atoms with Gasteiger partial charge in [-0.3, -0.25) is 4.98 Å². The van der Waals surface area contributed by atoms with Crippen LogP contribution in [0.1, 0.15) is 5.69 Å². The SMILES string of the molecule is COc1ccnc(CC#N)c1-c1ccccc1. The van der Waals surface area contributed by atoms with Crippen LogP contribution in [0.5, 0.6) is 5.75 Å².